The summed E-state index contributed by atoms with van der Waals surface area (Å²) >= 11 is 0. The number of nitrogens with zero attached hydrogens (tertiary/aromatic N) is 2. The van der Waals surface area contributed by atoms with Crippen LogP contribution in [0.2, 0.25) is 0 Å². The van der Waals surface area contributed by atoms with E-state index in [0.29, 0.717) is 19.5 Å². The summed E-state index contributed by atoms with van der Waals surface area (Å²) in [5.74, 6) is 0.194. The van der Waals surface area contributed by atoms with Gasteiger partial charge in [-0.1, -0.05) is 31.5 Å². The molecular formula is C19H23N3O2. The molecule has 1 N–H and O–H groups in total. The van der Waals surface area contributed by atoms with Crippen molar-refractivity contribution in [2.24, 2.45) is 0 Å². The summed E-state index contributed by atoms with van der Waals surface area (Å²) in [6.07, 6.45) is 3.53. The topological polar surface area (TPSA) is 56.4 Å². The molecule has 0 aliphatic carbocycles. The molecule has 1 saturated heterocycles. The number of benzene rings is 1. The fourth-order valence-electron chi connectivity index (χ4n) is 3.99. The van der Waals surface area contributed by atoms with Crippen molar-refractivity contribution < 1.29 is 9.59 Å². The Morgan fingerprint density at radius 3 is 2.88 bits per heavy atom. The van der Waals surface area contributed by atoms with E-state index < -0.39 is 0 Å². The van der Waals surface area contributed by atoms with Gasteiger partial charge in [-0.3, -0.25) is 9.59 Å². The van der Waals surface area contributed by atoms with Crippen LogP contribution >= 0.6 is 0 Å². The second-order valence-corrected chi connectivity index (χ2v) is 6.82. The molecule has 24 heavy (non-hydrogen) atoms. The van der Waals surface area contributed by atoms with Crippen LogP contribution < -0.4 is 0 Å². The van der Waals surface area contributed by atoms with E-state index in [-0.39, 0.29) is 24.4 Å². The van der Waals surface area contributed by atoms with Crippen molar-refractivity contribution in [3.05, 3.63) is 35.5 Å². The number of para-hydroxylation sites is 1. The minimum absolute atomic E-state index is 0.0715. The zero-order chi connectivity index (χ0) is 16.7. The summed E-state index contributed by atoms with van der Waals surface area (Å²) in [6, 6.07) is 7.94. The lowest BCUT2D eigenvalue weighted by molar-refractivity contribution is -0.156. The van der Waals surface area contributed by atoms with Crippen LogP contribution in [0.4, 0.5) is 0 Å². The van der Waals surface area contributed by atoms with Crippen LogP contribution in [0.5, 0.6) is 0 Å². The second kappa shape index (κ2) is 5.96. The molecule has 5 heteroatoms. The highest BCUT2D eigenvalue weighted by atomic mass is 16.2. The number of aromatic amines is 1. The lowest BCUT2D eigenvalue weighted by atomic mass is 10.0. The standard InChI is InChI=1S/C19H23N3O2/c1-2-3-10-21-12-18(23)22-11-16-14(8-9-17(22)19(21)24)13-6-4-5-7-15(13)20-16/h4-7,17,20H,2-3,8-12H2,1H3. The van der Waals surface area contributed by atoms with Crippen molar-refractivity contribution in [3.63, 3.8) is 0 Å². The number of unbranched alkanes of at least 4 members (excludes halogenated alkanes) is 1. The largest absolute Gasteiger partial charge is 0.357 e. The Hall–Kier alpha value is -2.30. The Morgan fingerprint density at radius 2 is 2.04 bits per heavy atom. The third-order valence-corrected chi connectivity index (χ3v) is 5.30. The van der Waals surface area contributed by atoms with E-state index in [2.05, 4.69) is 24.0 Å². The smallest absolute Gasteiger partial charge is 0.245 e. The average molecular weight is 325 g/mol. The summed E-state index contributed by atoms with van der Waals surface area (Å²) < 4.78 is 0. The summed E-state index contributed by atoms with van der Waals surface area (Å²) in [5, 5.41) is 1.22. The van der Waals surface area contributed by atoms with Crippen LogP contribution in [0.15, 0.2) is 24.3 Å². The summed E-state index contributed by atoms with van der Waals surface area (Å²) in [6.45, 7) is 3.54. The number of amides is 2. The first-order valence-corrected chi connectivity index (χ1v) is 8.85. The molecule has 0 radical (unpaired) electrons. The van der Waals surface area contributed by atoms with E-state index in [1.165, 1.54) is 10.9 Å². The zero-order valence-corrected chi connectivity index (χ0v) is 14.0. The van der Waals surface area contributed by atoms with E-state index in [0.717, 1.165) is 30.5 Å². The minimum atomic E-state index is -0.303. The molecule has 1 aromatic heterocycles. The summed E-state index contributed by atoms with van der Waals surface area (Å²) in [7, 11) is 0. The van der Waals surface area contributed by atoms with Crippen LogP contribution in [0.1, 0.15) is 37.4 Å². The lowest BCUT2D eigenvalue weighted by Gasteiger charge is -2.39. The van der Waals surface area contributed by atoms with Gasteiger partial charge in [0.05, 0.1) is 13.1 Å². The Labute approximate surface area is 141 Å². The van der Waals surface area contributed by atoms with Gasteiger partial charge in [-0.25, -0.2) is 0 Å². The van der Waals surface area contributed by atoms with Crippen molar-refractivity contribution in [2.45, 2.75) is 45.2 Å². The zero-order valence-electron chi connectivity index (χ0n) is 14.0. The molecule has 4 rings (SSSR count). The molecule has 1 atom stereocenters. The second-order valence-electron chi connectivity index (χ2n) is 6.82. The van der Waals surface area contributed by atoms with Crippen LogP contribution in [-0.4, -0.2) is 45.7 Å². The van der Waals surface area contributed by atoms with E-state index in [1.54, 1.807) is 9.80 Å². The monoisotopic (exact) mass is 325 g/mol. The number of hydrogen-bond acceptors (Lipinski definition) is 2. The molecular weight excluding hydrogens is 302 g/mol. The van der Waals surface area contributed by atoms with Gasteiger partial charge in [0.1, 0.15) is 6.04 Å². The van der Waals surface area contributed by atoms with Gasteiger partial charge < -0.3 is 14.8 Å². The molecule has 1 unspecified atom stereocenters. The maximum atomic E-state index is 12.8. The highest BCUT2D eigenvalue weighted by Crippen LogP contribution is 2.31. The quantitative estimate of drug-likeness (QED) is 0.942. The maximum Gasteiger partial charge on any atom is 0.245 e. The van der Waals surface area contributed by atoms with Gasteiger partial charge in [0.2, 0.25) is 11.8 Å². The fraction of sp³-hybridized carbons (Fsp3) is 0.474. The molecule has 2 aliphatic heterocycles. The molecule has 0 saturated carbocycles. The van der Waals surface area contributed by atoms with Crippen molar-refractivity contribution >= 4 is 22.7 Å². The maximum absolute atomic E-state index is 12.8. The molecule has 2 aliphatic rings. The summed E-state index contributed by atoms with van der Waals surface area (Å²) in [4.78, 5) is 32.5. The van der Waals surface area contributed by atoms with Crippen molar-refractivity contribution in [3.8, 4) is 0 Å². The Morgan fingerprint density at radius 1 is 1.21 bits per heavy atom. The predicted molar refractivity (Wildman–Crippen MR) is 92.4 cm³/mol. The Bertz CT molecular complexity index is 795. The summed E-state index contributed by atoms with van der Waals surface area (Å²) in [5.41, 5.74) is 3.46. The van der Waals surface area contributed by atoms with Crippen LogP contribution in [0.25, 0.3) is 10.9 Å². The van der Waals surface area contributed by atoms with Gasteiger partial charge in [0, 0.05) is 23.1 Å². The van der Waals surface area contributed by atoms with Crippen LogP contribution in [0.3, 0.4) is 0 Å². The van der Waals surface area contributed by atoms with Crippen molar-refractivity contribution in [1.29, 1.82) is 0 Å². The SMILES string of the molecule is CCCCN1CC(=O)N2Cc3[nH]c4ccccc4c3CCC2C1=O. The highest BCUT2D eigenvalue weighted by Gasteiger charge is 2.40. The highest BCUT2D eigenvalue weighted by molar-refractivity contribution is 5.95. The first-order chi connectivity index (χ1) is 11.7. The molecule has 0 spiro atoms. The predicted octanol–water partition coefficient (Wildman–Crippen LogP) is 2.45. The van der Waals surface area contributed by atoms with Gasteiger partial charge in [0.15, 0.2) is 0 Å². The molecule has 1 fully saturated rings. The number of hydrogen-bond donors (Lipinski definition) is 1. The number of aromatic nitrogens is 1. The first kappa shape index (κ1) is 15.2. The molecule has 2 amide bonds. The van der Waals surface area contributed by atoms with Crippen LogP contribution in [0, 0.1) is 0 Å². The molecule has 2 aromatic rings. The Balaban J connectivity index is 1.64. The Kier molecular flexibility index (Phi) is 3.79. The van der Waals surface area contributed by atoms with E-state index >= 15 is 0 Å². The average Bonchev–Trinajstić information content (AvgIpc) is 2.82. The first-order valence-electron chi connectivity index (χ1n) is 8.85. The van der Waals surface area contributed by atoms with Gasteiger partial charge in [-0.15, -0.1) is 0 Å². The number of piperazine rings is 1. The van der Waals surface area contributed by atoms with Crippen molar-refractivity contribution in [2.75, 3.05) is 13.1 Å². The molecule has 3 heterocycles. The normalized spacial score (nSPS) is 21.0. The number of carbonyl (C=O) groups excluding carboxylic acids is 2. The number of carbonyl (C=O) groups is 2. The third kappa shape index (κ3) is 2.39. The van der Waals surface area contributed by atoms with Gasteiger partial charge in [-0.2, -0.15) is 0 Å². The van der Waals surface area contributed by atoms with Gasteiger partial charge in [-0.05, 0) is 30.9 Å². The van der Waals surface area contributed by atoms with Crippen molar-refractivity contribution in [1.82, 2.24) is 14.8 Å². The van der Waals surface area contributed by atoms with E-state index in [1.807, 2.05) is 12.1 Å². The van der Waals surface area contributed by atoms with E-state index in [4.69, 9.17) is 0 Å². The third-order valence-electron chi connectivity index (χ3n) is 5.30. The van der Waals surface area contributed by atoms with Gasteiger partial charge in [0.25, 0.3) is 0 Å². The number of fused-ring (bicyclic) bond motifs is 4. The fourth-order valence-corrected chi connectivity index (χ4v) is 3.99. The lowest BCUT2D eigenvalue weighted by Crippen LogP contribution is -2.59. The molecule has 0 bridgehead atoms. The molecule has 5 nitrogen and oxygen atoms in total. The number of rotatable bonds is 3. The number of H-pyrrole nitrogens is 1. The van der Waals surface area contributed by atoms with Crippen LogP contribution in [-0.2, 0) is 22.6 Å². The molecule has 1 aromatic carbocycles. The van der Waals surface area contributed by atoms with Gasteiger partial charge >= 0.3 is 0 Å². The molecule has 126 valence electrons. The number of nitrogens with one attached hydrogen (secondary N) is 1. The minimum Gasteiger partial charge on any atom is -0.357 e. The number of aryl methyl sites for hydroxylation is 1. The van der Waals surface area contributed by atoms with E-state index in [9.17, 15) is 9.59 Å².